The molecule has 1 fully saturated rings. The maximum atomic E-state index is 12.4. The van der Waals surface area contributed by atoms with Crippen molar-refractivity contribution in [2.45, 2.75) is 25.9 Å². The van der Waals surface area contributed by atoms with Gasteiger partial charge in [0.2, 0.25) is 11.8 Å². The number of hydrogen-bond acceptors (Lipinski definition) is 5. The van der Waals surface area contributed by atoms with Crippen molar-refractivity contribution in [1.29, 1.82) is 0 Å². The van der Waals surface area contributed by atoms with Crippen LogP contribution in [0.4, 0.5) is 0 Å². The van der Waals surface area contributed by atoms with E-state index in [2.05, 4.69) is 0 Å². The molecule has 2 amide bonds. The Bertz CT molecular complexity index is 700. The Balaban J connectivity index is 1.57. The Labute approximate surface area is 146 Å². The van der Waals surface area contributed by atoms with Gasteiger partial charge < -0.3 is 9.84 Å². The topological polar surface area (TPSA) is 83.9 Å². The third kappa shape index (κ3) is 3.64. The van der Waals surface area contributed by atoms with Crippen LogP contribution in [0, 0.1) is 11.8 Å². The van der Waals surface area contributed by atoms with Crippen LogP contribution in [0.25, 0.3) is 0 Å². The van der Waals surface area contributed by atoms with Crippen LogP contribution < -0.4 is 4.74 Å². The van der Waals surface area contributed by atoms with Gasteiger partial charge in [0.1, 0.15) is 18.5 Å². The van der Waals surface area contributed by atoms with Crippen LogP contribution in [0.15, 0.2) is 36.4 Å². The van der Waals surface area contributed by atoms with E-state index in [1.807, 2.05) is 12.2 Å². The Kier molecular flexibility index (Phi) is 4.99. The minimum absolute atomic E-state index is 0.0635. The number of amides is 2. The average Bonchev–Trinajstić information content (AvgIpc) is 2.85. The highest BCUT2D eigenvalue weighted by molar-refractivity contribution is 6.05. The lowest BCUT2D eigenvalue weighted by molar-refractivity contribution is -0.141. The summed E-state index contributed by atoms with van der Waals surface area (Å²) in [6.07, 6.45) is 4.03. The monoisotopic (exact) mass is 343 g/mol. The number of aliphatic hydroxyl groups excluding tert-OH is 1. The summed E-state index contributed by atoms with van der Waals surface area (Å²) < 4.78 is 5.49. The number of imide groups is 1. The van der Waals surface area contributed by atoms with Crippen LogP contribution >= 0.6 is 0 Å². The van der Waals surface area contributed by atoms with Crippen LogP contribution in [-0.2, 0) is 9.59 Å². The van der Waals surface area contributed by atoms with E-state index in [0.29, 0.717) is 24.2 Å². The van der Waals surface area contributed by atoms with E-state index in [1.165, 1.54) is 6.92 Å². The van der Waals surface area contributed by atoms with Gasteiger partial charge in [-0.3, -0.25) is 19.3 Å². The molecule has 1 saturated heterocycles. The number of carbonyl (C=O) groups is 3. The Morgan fingerprint density at radius 1 is 1.24 bits per heavy atom. The molecule has 6 nitrogen and oxygen atoms in total. The lowest BCUT2D eigenvalue weighted by Gasteiger charge is -2.19. The first-order valence-corrected chi connectivity index (χ1v) is 8.39. The highest BCUT2D eigenvalue weighted by Crippen LogP contribution is 2.35. The van der Waals surface area contributed by atoms with E-state index in [1.54, 1.807) is 24.3 Å². The lowest BCUT2D eigenvalue weighted by atomic mass is 9.85. The minimum Gasteiger partial charge on any atom is -0.491 e. The largest absolute Gasteiger partial charge is 0.491 e. The molecule has 1 aliphatic heterocycles. The number of allylic oxidation sites excluding steroid dienone is 2. The number of ketones is 1. The SMILES string of the molecule is CC(=O)c1cccc(OCC(O)CN2C(=O)C3CC=CCC3C2=O)c1. The molecule has 1 N–H and O–H groups in total. The van der Waals surface area contributed by atoms with Gasteiger partial charge in [-0.2, -0.15) is 0 Å². The van der Waals surface area contributed by atoms with Gasteiger partial charge in [0, 0.05) is 5.56 Å². The van der Waals surface area contributed by atoms with Crippen molar-refractivity contribution in [3.05, 3.63) is 42.0 Å². The first-order chi connectivity index (χ1) is 12.0. The molecule has 3 rings (SSSR count). The highest BCUT2D eigenvalue weighted by atomic mass is 16.5. The van der Waals surface area contributed by atoms with Crippen LogP contribution in [0.5, 0.6) is 5.75 Å². The summed E-state index contributed by atoms with van der Waals surface area (Å²) in [4.78, 5) is 37.2. The Morgan fingerprint density at radius 3 is 2.48 bits per heavy atom. The van der Waals surface area contributed by atoms with E-state index in [0.717, 1.165) is 4.90 Å². The van der Waals surface area contributed by atoms with Crippen molar-refractivity contribution in [3.8, 4) is 5.75 Å². The number of aliphatic hydroxyl groups is 1. The van der Waals surface area contributed by atoms with Crippen molar-refractivity contribution in [2.75, 3.05) is 13.2 Å². The van der Waals surface area contributed by atoms with Gasteiger partial charge in [-0.15, -0.1) is 0 Å². The fourth-order valence-corrected chi connectivity index (χ4v) is 3.31. The molecule has 1 aromatic carbocycles. The molecule has 6 heteroatoms. The number of benzene rings is 1. The Hall–Kier alpha value is -2.47. The number of rotatable bonds is 6. The molecule has 0 spiro atoms. The summed E-state index contributed by atoms with van der Waals surface area (Å²) in [5.41, 5.74) is 0.522. The number of β-amino-alcohol motifs (C(OH)–C–C–N with tert-alkyl or cyclic N) is 1. The second-order valence-corrected chi connectivity index (χ2v) is 6.49. The summed E-state index contributed by atoms with van der Waals surface area (Å²) in [7, 11) is 0. The molecule has 25 heavy (non-hydrogen) atoms. The van der Waals surface area contributed by atoms with Gasteiger partial charge >= 0.3 is 0 Å². The molecule has 0 radical (unpaired) electrons. The summed E-state index contributed by atoms with van der Waals surface area (Å²) in [5.74, 6) is -0.621. The molecule has 132 valence electrons. The minimum atomic E-state index is -0.984. The number of carbonyl (C=O) groups excluding carboxylic acids is 3. The molecule has 0 aromatic heterocycles. The predicted octanol–water partition coefficient (Wildman–Crippen LogP) is 1.58. The zero-order valence-corrected chi connectivity index (χ0v) is 14.1. The third-order valence-corrected chi connectivity index (χ3v) is 4.68. The normalized spacial score (nSPS) is 23.5. The van der Waals surface area contributed by atoms with Crippen molar-refractivity contribution < 1.29 is 24.2 Å². The second-order valence-electron chi connectivity index (χ2n) is 6.49. The van der Waals surface area contributed by atoms with Crippen LogP contribution in [0.3, 0.4) is 0 Å². The van der Waals surface area contributed by atoms with Gasteiger partial charge in [0.15, 0.2) is 5.78 Å². The van der Waals surface area contributed by atoms with E-state index >= 15 is 0 Å². The number of nitrogens with zero attached hydrogens (tertiary/aromatic N) is 1. The van der Waals surface area contributed by atoms with Gasteiger partial charge in [0.25, 0.3) is 0 Å². The number of fused-ring (bicyclic) bond motifs is 1. The zero-order chi connectivity index (χ0) is 18.0. The average molecular weight is 343 g/mol. The fraction of sp³-hybridized carbons (Fsp3) is 0.421. The third-order valence-electron chi connectivity index (χ3n) is 4.68. The lowest BCUT2D eigenvalue weighted by Crippen LogP contribution is -2.40. The molecule has 3 unspecified atom stereocenters. The van der Waals surface area contributed by atoms with Crippen LogP contribution in [0.2, 0.25) is 0 Å². The van der Waals surface area contributed by atoms with Crippen molar-refractivity contribution in [3.63, 3.8) is 0 Å². The van der Waals surface area contributed by atoms with Gasteiger partial charge in [-0.1, -0.05) is 24.3 Å². The van der Waals surface area contributed by atoms with E-state index in [-0.39, 0.29) is 42.6 Å². The van der Waals surface area contributed by atoms with Crippen molar-refractivity contribution >= 4 is 17.6 Å². The van der Waals surface area contributed by atoms with Crippen LogP contribution in [-0.4, -0.2) is 46.9 Å². The fourth-order valence-electron chi connectivity index (χ4n) is 3.31. The molecular weight excluding hydrogens is 322 g/mol. The first kappa shape index (κ1) is 17.4. The van der Waals surface area contributed by atoms with Crippen molar-refractivity contribution in [2.24, 2.45) is 11.8 Å². The molecule has 0 bridgehead atoms. The van der Waals surface area contributed by atoms with Gasteiger partial charge in [-0.05, 0) is 31.9 Å². The maximum Gasteiger partial charge on any atom is 0.233 e. The zero-order valence-electron chi connectivity index (χ0n) is 14.1. The van der Waals surface area contributed by atoms with E-state index in [9.17, 15) is 19.5 Å². The highest BCUT2D eigenvalue weighted by Gasteiger charge is 2.47. The molecular formula is C19H21NO5. The van der Waals surface area contributed by atoms with Gasteiger partial charge in [0.05, 0.1) is 18.4 Å². The number of ether oxygens (including phenoxy) is 1. The molecule has 0 saturated carbocycles. The smallest absolute Gasteiger partial charge is 0.233 e. The maximum absolute atomic E-state index is 12.4. The van der Waals surface area contributed by atoms with Crippen LogP contribution in [0.1, 0.15) is 30.1 Å². The number of likely N-dealkylation sites (tertiary alicyclic amines) is 1. The molecule has 2 aliphatic rings. The summed E-state index contributed by atoms with van der Waals surface area (Å²) in [6.45, 7) is 1.33. The van der Waals surface area contributed by atoms with E-state index in [4.69, 9.17) is 4.74 Å². The quantitative estimate of drug-likeness (QED) is 0.482. The predicted molar refractivity (Wildman–Crippen MR) is 90.0 cm³/mol. The number of Topliss-reactive ketones (excluding diaryl/α,β-unsaturated/α-hetero) is 1. The second kappa shape index (κ2) is 7.19. The van der Waals surface area contributed by atoms with Gasteiger partial charge in [-0.25, -0.2) is 0 Å². The molecule has 1 aliphatic carbocycles. The van der Waals surface area contributed by atoms with Crippen molar-refractivity contribution in [1.82, 2.24) is 4.90 Å². The molecule has 1 aromatic rings. The first-order valence-electron chi connectivity index (χ1n) is 8.39. The Morgan fingerprint density at radius 2 is 1.88 bits per heavy atom. The molecule has 1 heterocycles. The summed E-state index contributed by atoms with van der Waals surface area (Å²) in [5, 5.41) is 10.2. The van der Waals surface area contributed by atoms with E-state index < -0.39 is 6.10 Å². The summed E-state index contributed by atoms with van der Waals surface area (Å²) >= 11 is 0. The summed E-state index contributed by atoms with van der Waals surface area (Å²) in [6, 6.07) is 6.67. The molecule has 3 atom stereocenters. The number of hydrogen-bond donors (Lipinski definition) is 1. The standard InChI is InChI=1S/C19H21NO5/c1-12(21)13-5-4-6-15(9-13)25-11-14(22)10-20-18(23)16-7-2-3-8-17(16)19(20)24/h2-6,9,14,16-17,22H,7-8,10-11H2,1H3.